The van der Waals surface area contributed by atoms with Crippen molar-refractivity contribution in [2.24, 2.45) is 5.92 Å². The summed E-state index contributed by atoms with van der Waals surface area (Å²) < 4.78 is 5.42. The number of morpholine rings is 1. The summed E-state index contributed by atoms with van der Waals surface area (Å²) in [5.41, 5.74) is 2.02. The third-order valence-corrected chi connectivity index (χ3v) is 5.31. The average Bonchev–Trinajstić information content (AvgIpc) is 2.62. The summed E-state index contributed by atoms with van der Waals surface area (Å²) in [5.74, 6) is 0.419. The summed E-state index contributed by atoms with van der Waals surface area (Å²) in [7, 11) is 0. The van der Waals surface area contributed by atoms with Gasteiger partial charge in [-0.25, -0.2) is 0 Å². The molecular formula is C20H30N4O3. The molecular weight excluding hydrogens is 344 g/mol. The number of nitriles is 1. The maximum absolute atomic E-state index is 12.4. The summed E-state index contributed by atoms with van der Waals surface area (Å²) in [5, 5.41) is 12.2. The molecule has 7 nitrogen and oxygen atoms in total. The molecule has 1 saturated heterocycles. The second-order valence-corrected chi connectivity index (χ2v) is 7.43. The van der Waals surface area contributed by atoms with E-state index < -0.39 is 0 Å². The molecule has 1 fully saturated rings. The number of amides is 1. The molecule has 1 atom stereocenters. The Morgan fingerprint density at radius 2 is 2.00 bits per heavy atom. The van der Waals surface area contributed by atoms with Crippen LogP contribution in [0, 0.1) is 31.1 Å². The Balaban J connectivity index is 1.94. The first-order valence-corrected chi connectivity index (χ1v) is 9.56. The molecule has 1 aliphatic heterocycles. The number of pyridine rings is 1. The largest absolute Gasteiger partial charge is 0.379 e. The summed E-state index contributed by atoms with van der Waals surface area (Å²) in [6.07, 6.45) is 0.825. The fourth-order valence-corrected chi connectivity index (χ4v) is 3.66. The molecule has 0 bridgehead atoms. The highest BCUT2D eigenvalue weighted by atomic mass is 16.5. The number of hydrogen-bond donors (Lipinski definition) is 2. The lowest BCUT2D eigenvalue weighted by Crippen LogP contribution is -2.51. The number of H-pyrrole nitrogens is 1. The quantitative estimate of drug-likeness (QED) is 0.749. The predicted octanol–water partition coefficient (Wildman–Crippen LogP) is 1.27. The van der Waals surface area contributed by atoms with E-state index >= 15 is 0 Å². The molecule has 0 spiro atoms. The second kappa shape index (κ2) is 9.67. The van der Waals surface area contributed by atoms with Crippen molar-refractivity contribution in [2.75, 3.05) is 32.8 Å². The lowest BCUT2D eigenvalue weighted by atomic mass is 9.98. The first kappa shape index (κ1) is 21.1. The number of hydrogen-bond acceptors (Lipinski definition) is 5. The maximum Gasteiger partial charge on any atom is 0.266 e. The minimum absolute atomic E-state index is 0.0163. The number of aromatic amines is 1. The molecule has 0 aliphatic carbocycles. The smallest absolute Gasteiger partial charge is 0.266 e. The molecule has 0 saturated carbocycles. The molecule has 27 heavy (non-hydrogen) atoms. The first-order valence-electron chi connectivity index (χ1n) is 9.56. The van der Waals surface area contributed by atoms with Crippen LogP contribution in [0.15, 0.2) is 4.79 Å². The highest BCUT2D eigenvalue weighted by molar-refractivity contribution is 5.76. The number of nitrogens with zero attached hydrogens (tertiary/aromatic N) is 2. The normalized spacial score (nSPS) is 16.1. The van der Waals surface area contributed by atoms with Crippen molar-refractivity contribution in [2.45, 2.75) is 46.6 Å². The van der Waals surface area contributed by atoms with Crippen molar-refractivity contribution >= 4 is 5.91 Å². The second-order valence-electron chi connectivity index (χ2n) is 7.43. The fourth-order valence-electron chi connectivity index (χ4n) is 3.66. The van der Waals surface area contributed by atoms with Gasteiger partial charge in [0, 0.05) is 37.8 Å². The fraction of sp³-hybridized carbons (Fsp3) is 0.650. The van der Waals surface area contributed by atoms with Crippen LogP contribution in [0.2, 0.25) is 0 Å². The standard InChI is InChI=1S/C20H30N4O3/c1-13(2)18(24-7-9-27-10-8-24)12-22-19(25)6-5-16-14(3)17(11-21)20(26)23-15(16)4/h13,18H,5-10,12H2,1-4H3,(H,22,25)(H,23,26)/t18-/m1/s1. The summed E-state index contributed by atoms with van der Waals surface area (Å²) in [4.78, 5) is 29.3. The molecule has 2 heterocycles. The molecule has 148 valence electrons. The van der Waals surface area contributed by atoms with E-state index in [4.69, 9.17) is 10.00 Å². The van der Waals surface area contributed by atoms with Crippen LogP contribution in [-0.4, -0.2) is 54.7 Å². The molecule has 2 rings (SSSR count). The number of carbonyl (C=O) groups excluding carboxylic acids is 1. The minimum atomic E-state index is -0.369. The van der Waals surface area contributed by atoms with E-state index in [1.807, 2.05) is 6.07 Å². The van der Waals surface area contributed by atoms with Crippen LogP contribution in [0.5, 0.6) is 0 Å². The molecule has 1 aromatic rings. The number of aryl methyl sites for hydroxylation is 1. The average molecular weight is 374 g/mol. The molecule has 1 aromatic heterocycles. The first-order chi connectivity index (χ1) is 12.8. The third kappa shape index (κ3) is 5.41. The van der Waals surface area contributed by atoms with Gasteiger partial charge in [-0.3, -0.25) is 14.5 Å². The molecule has 1 aliphatic rings. The third-order valence-electron chi connectivity index (χ3n) is 5.31. The van der Waals surface area contributed by atoms with Crippen LogP contribution < -0.4 is 10.9 Å². The van der Waals surface area contributed by atoms with E-state index in [0.717, 1.165) is 37.6 Å². The van der Waals surface area contributed by atoms with Gasteiger partial charge in [0.05, 0.1) is 13.2 Å². The minimum Gasteiger partial charge on any atom is -0.379 e. The van der Waals surface area contributed by atoms with Crippen LogP contribution in [0.25, 0.3) is 0 Å². The SMILES string of the molecule is Cc1[nH]c(=O)c(C#N)c(C)c1CCC(=O)NC[C@H](C(C)C)N1CCOCC1. The van der Waals surface area contributed by atoms with Gasteiger partial charge >= 0.3 is 0 Å². The zero-order chi connectivity index (χ0) is 20.0. The molecule has 0 unspecified atom stereocenters. The molecule has 2 N–H and O–H groups in total. The van der Waals surface area contributed by atoms with E-state index in [1.165, 1.54) is 0 Å². The van der Waals surface area contributed by atoms with Gasteiger partial charge in [0.25, 0.3) is 5.56 Å². The van der Waals surface area contributed by atoms with Gasteiger partial charge < -0.3 is 15.0 Å². The molecule has 7 heteroatoms. The van der Waals surface area contributed by atoms with Gasteiger partial charge in [-0.15, -0.1) is 0 Å². The predicted molar refractivity (Wildman–Crippen MR) is 104 cm³/mol. The van der Waals surface area contributed by atoms with Gasteiger partial charge in [-0.1, -0.05) is 13.8 Å². The zero-order valence-corrected chi connectivity index (χ0v) is 16.7. The van der Waals surface area contributed by atoms with Gasteiger partial charge in [0.2, 0.25) is 5.91 Å². The topological polar surface area (TPSA) is 98.2 Å². The zero-order valence-electron chi connectivity index (χ0n) is 16.7. The van der Waals surface area contributed by atoms with E-state index in [-0.39, 0.29) is 17.0 Å². The van der Waals surface area contributed by atoms with E-state index in [9.17, 15) is 9.59 Å². The van der Waals surface area contributed by atoms with Crippen LogP contribution in [-0.2, 0) is 16.0 Å². The van der Waals surface area contributed by atoms with Crippen molar-refractivity contribution in [1.29, 1.82) is 5.26 Å². The van der Waals surface area contributed by atoms with Crippen LogP contribution >= 0.6 is 0 Å². The highest BCUT2D eigenvalue weighted by Crippen LogP contribution is 2.15. The lowest BCUT2D eigenvalue weighted by Gasteiger charge is -2.36. The van der Waals surface area contributed by atoms with Crippen LogP contribution in [0.1, 0.15) is 42.7 Å². The monoisotopic (exact) mass is 374 g/mol. The lowest BCUT2D eigenvalue weighted by molar-refractivity contribution is -0.121. The Bertz CT molecular complexity index is 758. The summed E-state index contributed by atoms with van der Waals surface area (Å²) in [6.45, 7) is 11.8. The number of carbonyl (C=O) groups is 1. The number of rotatable bonds is 7. The Morgan fingerprint density at radius 1 is 1.33 bits per heavy atom. The van der Waals surface area contributed by atoms with Crippen LogP contribution in [0.4, 0.5) is 0 Å². The Labute approximate surface area is 160 Å². The molecule has 0 aromatic carbocycles. The van der Waals surface area contributed by atoms with Crippen molar-refractivity contribution in [3.63, 3.8) is 0 Å². The number of ether oxygens (including phenoxy) is 1. The van der Waals surface area contributed by atoms with E-state index in [2.05, 4.69) is 29.0 Å². The van der Waals surface area contributed by atoms with Gasteiger partial charge in [0.1, 0.15) is 11.6 Å². The maximum atomic E-state index is 12.4. The Morgan fingerprint density at radius 3 is 2.59 bits per heavy atom. The number of nitrogens with one attached hydrogen (secondary N) is 2. The highest BCUT2D eigenvalue weighted by Gasteiger charge is 2.24. The van der Waals surface area contributed by atoms with E-state index in [1.54, 1.807) is 13.8 Å². The van der Waals surface area contributed by atoms with Crippen molar-refractivity contribution < 1.29 is 9.53 Å². The van der Waals surface area contributed by atoms with Crippen molar-refractivity contribution in [1.82, 2.24) is 15.2 Å². The van der Waals surface area contributed by atoms with Crippen LogP contribution in [0.3, 0.4) is 0 Å². The summed E-state index contributed by atoms with van der Waals surface area (Å²) in [6, 6.07) is 2.24. The number of aromatic nitrogens is 1. The van der Waals surface area contributed by atoms with Crippen molar-refractivity contribution in [3.8, 4) is 6.07 Å². The van der Waals surface area contributed by atoms with Crippen molar-refractivity contribution in [3.05, 3.63) is 32.7 Å². The Kier molecular flexibility index (Phi) is 7.57. The molecule has 1 amide bonds. The van der Waals surface area contributed by atoms with Gasteiger partial charge in [0.15, 0.2) is 0 Å². The van der Waals surface area contributed by atoms with E-state index in [0.29, 0.717) is 36.9 Å². The Hall–Kier alpha value is -2.17. The van der Waals surface area contributed by atoms with Gasteiger partial charge in [-0.2, -0.15) is 5.26 Å². The van der Waals surface area contributed by atoms with Gasteiger partial charge in [-0.05, 0) is 37.3 Å². The molecule has 0 radical (unpaired) electrons. The summed E-state index contributed by atoms with van der Waals surface area (Å²) >= 11 is 0.